The van der Waals surface area contributed by atoms with Crippen molar-refractivity contribution in [3.05, 3.63) is 0 Å². The Labute approximate surface area is 85.2 Å². The maximum atomic E-state index is 10.9. The van der Waals surface area contributed by atoms with Crippen molar-refractivity contribution in [2.45, 2.75) is 38.8 Å². The van der Waals surface area contributed by atoms with Gasteiger partial charge in [0.05, 0.1) is 12.1 Å². The van der Waals surface area contributed by atoms with Crippen LogP contribution >= 0.6 is 0 Å². The summed E-state index contributed by atoms with van der Waals surface area (Å²) < 4.78 is 5.44. The molecular weight excluding hydrogens is 180 g/mol. The van der Waals surface area contributed by atoms with Gasteiger partial charge in [-0.15, -0.1) is 0 Å². The maximum Gasteiger partial charge on any atom is 0.234 e. The van der Waals surface area contributed by atoms with Crippen molar-refractivity contribution >= 4 is 5.91 Å². The Hall–Kier alpha value is -0.610. The molecule has 4 heteroatoms. The van der Waals surface area contributed by atoms with Crippen molar-refractivity contribution in [3.63, 3.8) is 0 Å². The number of primary amides is 1. The summed E-state index contributed by atoms with van der Waals surface area (Å²) in [5.41, 5.74) is 5.23. The van der Waals surface area contributed by atoms with Gasteiger partial charge in [-0.2, -0.15) is 0 Å². The van der Waals surface area contributed by atoms with Gasteiger partial charge in [0, 0.05) is 13.2 Å². The summed E-state index contributed by atoms with van der Waals surface area (Å²) in [4.78, 5) is 10.9. The number of amides is 1. The molecular formula is C10H20N2O2. The molecule has 1 fully saturated rings. The van der Waals surface area contributed by atoms with Crippen molar-refractivity contribution in [1.29, 1.82) is 0 Å². The predicted octanol–water partition coefficient (Wildman–Crippen LogP) is 0.265. The van der Waals surface area contributed by atoms with E-state index in [-0.39, 0.29) is 11.9 Å². The van der Waals surface area contributed by atoms with Crippen molar-refractivity contribution < 1.29 is 9.53 Å². The van der Waals surface area contributed by atoms with Crippen LogP contribution in [0.1, 0.15) is 26.7 Å². The van der Waals surface area contributed by atoms with Gasteiger partial charge < -0.3 is 15.8 Å². The summed E-state index contributed by atoms with van der Waals surface area (Å²) >= 11 is 0. The largest absolute Gasteiger partial charge is 0.378 e. The molecule has 0 spiro atoms. The number of hydrogen-bond acceptors (Lipinski definition) is 3. The van der Waals surface area contributed by atoms with Crippen LogP contribution < -0.4 is 11.1 Å². The van der Waals surface area contributed by atoms with E-state index in [1.165, 1.54) is 0 Å². The average Bonchev–Trinajstić information content (AvgIpc) is 2.52. The van der Waals surface area contributed by atoms with Crippen LogP contribution in [0, 0.1) is 5.92 Å². The molecule has 0 aromatic rings. The highest BCUT2D eigenvalue weighted by atomic mass is 16.5. The van der Waals surface area contributed by atoms with Gasteiger partial charge in [0.2, 0.25) is 5.91 Å². The molecule has 1 amide bonds. The van der Waals surface area contributed by atoms with Crippen molar-refractivity contribution in [2.24, 2.45) is 11.7 Å². The van der Waals surface area contributed by atoms with E-state index in [1.54, 1.807) is 0 Å². The average molecular weight is 200 g/mol. The van der Waals surface area contributed by atoms with Crippen LogP contribution in [0.2, 0.25) is 0 Å². The van der Waals surface area contributed by atoms with Crippen LogP contribution in [0.4, 0.5) is 0 Å². The molecule has 0 aromatic heterocycles. The van der Waals surface area contributed by atoms with Gasteiger partial charge in [0.15, 0.2) is 0 Å². The van der Waals surface area contributed by atoms with Crippen LogP contribution in [0.25, 0.3) is 0 Å². The third kappa shape index (κ3) is 2.96. The highest BCUT2D eigenvalue weighted by Gasteiger charge is 2.25. The molecule has 1 rings (SSSR count). The summed E-state index contributed by atoms with van der Waals surface area (Å²) in [5, 5.41) is 3.19. The van der Waals surface area contributed by atoms with E-state index >= 15 is 0 Å². The Balaban J connectivity index is 2.27. The van der Waals surface area contributed by atoms with Gasteiger partial charge in [-0.1, -0.05) is 6.92 Å². The Morgan fingerprint density at radius 3 is 2.86 bits per heavy atom. The maximum absolute atomic E-state index is 10.9. The molecule has 82 valence electrons. The van der Waals surface area contributed by atoms with E-state index < -0.39 is 0 Å². The molecule has 1 aliphatic rings. The smallest absolute Gasteiger partial charge is 0.234 e. The Morgan fingerprint density at radius 2 is 2.43 bits per heavy atom. The first-order valence-corrected chi connectivity index (χ1v) is 5.29. The molecule has 1 heterocycles. The molecule has 0 radical (unpaired) electrons. The second kappa shape index (κ2) is 5.32. The zero-order chi connectivity index (χ0) is 10.6. The SMILES string of the molecule is CCC(NCC1CCOC1C)C(N)=O. The first kappa shape index (κ1) is 11.5. The van der Waals surface area contributed by atoms with E-state index in [1.807, 2.05) is 6.92 Å². The van der Waals surface area contributed by atoms with Crippen LogP contribution in [0.3, 0.4) is 0 Å². The summed E-state index contributed by atoms with van der Waals surface area (Å²) in [6.45, 7) is 5.69. The Kier molecular flexibility index (Phi) is 4.35. The summed E-state index contributed by atoms with van der Waals surface area (Å²) in [6, 6.07) is -0.192. The van der Waals surface area contributed by atoms with E-state index in [0.717, 1.165) is 26.0 Å². The fourth-order valence-corrected chi connectivity index (χ4v) is 1.78. The molecule has 14 heavy (non-hydrogen) atoms. The summed E-state index contributed by atoms with van der Waals surface area (Å²) in [7, 11) is 0. The molecule has 0 saturated carbocycles. The van der Waals surface area contributed by atoms with Crippen LogP contribution in [-0.2, 0) is 9.53 Å². The monoisotopic (exact) mass is 200 g/mol. The number of ether oxygens (including phenoxy) is 1. The Morgan fingerprint density at radius 1 is 1.71 bits per heavy atom. The number of rotatable bonds is 5. The number of carbonyl (C=O) groups excluding carboxylic acids is 1. The van der Waals surface area contributed by atoms with Crippen LogP contribution in [-0.4, -0.2) is 31.2 Å². The fraction of sp³-hybridized carbons (Fsp3) is 0.900. The minimum absolute atomic E-state index is 0.192. The van der Waals surface area contributed by atoms with E-state index in [9.17, 15) is 4.79 Å². The molecule has 3 N–H and O–H groups in total. The first-order valence-electron chi connectivity index (χ1n) is 5.29. The minimum atomic E-state index is -0.265. The van der Waals surface area contributed by atoms with E-state index in [2.05, 4.69) is 12.2 Å². The zero-order valence-electron chi connectivity index (χ0n) is 8.95. The minimum Gasteiger partial charge on any atom is -0.378 e. The van der Waals surface area contributed by atoms with Gasteiger partial charge in [-0.25, -0.2) is 0 Å². The van der Waals surface area contributed by atoms with E-state index in [0.29, 0.717) is 12.0 Å². The molecule has 0 aromatic carbocycles. The quantitative estimate of drug-likeness (QED) is 0.669. The first-order chi connectivity index (χ1) is 6.65. The lowest BCUT2D eigenvalue weighted by Gasteiger charge is -2.18. The zero-order valence-corrected chi connectivity index (χ0v) is 8.95. The highest BCUT2D eigenvalue weighted by Crippen LogP contribution is 2.19. The van der Waals surface area contributed by atoms with Crippen molar-refractivity contribution in [1.82, 2.24) is 5.32 Å². The topological polar surface area (TPSA) is 64.3 Å². The normalized spacial score (nSPS) is 29.0. The lowest BCUT2D eigenvalue weighted by Crippen LogP contribution is -2.43. The molecule has 1 saturated heterocycles. The number of nitrogens with one attached hydrogen (secondary N) is 1. The molecule has 4 nitrogen and oxygen atoms in total. The van der Waals surface area contributed by atoms with Gasteiger partial charge in [-0.05, 0) is 25.7 Å². The van der Waals surface area contributed by atoms with Gasteiger partial charge >= 0.3 is 0 Å². The van der Waals surface area contributed by atoms with Gasteiger partial charge in [0.1, 0.15) is 0 Å². The van der Waals surface area contributed by atoms with Crippen LogP contribution in [0.15, 0.2) is 0 Å². The second-order valence-corrected chi connectivity index (χ2v) is 3.90. The highest BCUT2D eigenvalue weighted by molar-refractivity contribution is 5.79. The molecule has 1 aliphatic heterocycles. The summed E-state index contributed by atoms with van der Waals surface area (Å²) in [6.07, 6.45) is 2.12. The Bertz CT molecular complexity index is 197. The lowest BCUT2D eigenvalue weighted by atomic mass is 10.0. The molecule has 3 atom stereocenters. The third-order valence-electron chi connectivity index (χ3n) is 2.91. The number of carbonyl (C=O) groups is 1. The number of nitrogens with two attached hydrogens (primary N) is 1. The lowest BCUT2D eigenvalue weighted by molar-refractivity contribution is -0.120. The predicted molar refractivity (Wildman–Crippen MR) is 54.8 cm³/mol. The molecule has 0 bridgehead atoms. The standard InChI is InChI=1S/C10H20N2O2/c1-3-9(10(11)13)12-6-8-4-5-14-7(8)2/h7-9,12H,3-6H2,1-2H3,(H2,11,13). The van der Waals surface area contributed by atoms with Crippen molar-refractivity contribution in [2.75, 3.05) is 13.2 Å². The second-order valence-electron chi connectivity index (χ2n) is 3.90. The van der Waals surface area contributed by atoms with Crippen LogP contribution in [0.5, 0.6) is 0 Å². The third-order valence-corrected chi connectivity index (χ3v) is 2.91. The van der Waals surface area contributed by atoms with Gasteiger partial charge in [0.25, 0.3) is 0 Å². The fourth-order valence-electron chi connectivity index (χ4n) is 1.78. The summed E-state index contributed by atoms with van der Waals surface area (Å²) in [5.74, 6) is 0.252. The molecule has 0 aliphatic carbocycles. The molecule has 3 unspecified atom stereocenters. The van der Waals surface area contributed by atoms with Gasteiger partial charge in [-0.3, -0.25) is 4.79 Å². The number of hydrogen-bond donors (Lipinski definition) is 2. The van der Waals surface area contributed by atoms with E-state index in [4.69, 9.17) is 10.5 Å². The van der Waals surface area contributed by atoms with Crippen molar-refractivity contribution in [3.8, 4) is 0 Å².